The second-order valence-corrected chi connectivity index (χ2v) is 7.30. The quantitative estimate of drug-likeness (QED) is 0.730. The van der Waals surface area contributed by atoms with Crippen LogP contribution in [-0.2, 0) is 7.05 Å². The Morgan fingerprint density at radius 2 is 2.33 bits per heavy atom. The lowest BCUT2D eigenvalue weighted by Gasteiger charge is -2.24. The molecule has 0 saturated carbocycles. The Hall–Kier alpha value is -2.58. The van der Waals surface area contributed by atoms with Gasteiger partial charge in [0, 0.05) is 42.9 Å². The first kappa shape index (κ1) is 17.8. The maximum Gasteiger partial charge on any atom is 0.300 e. The van der Waals surface area contributed by atoms with Crippen molar-refractivity contribution in [3.05, 3.63) is 63.1 Å². The van der Waals surface area contributed by atoms with Gasteiger partial charge in [-0.1, -0.05) is 0 Å². The first-order valence-corrected chi connectivity index (χ1v) is 9.65. The maximum absolute atomic E-state index is 14.1. The zero-order valence-corrected chi connectivity index (χ0v) is 15.6. The van der Waals surface area contributed by atoms with Crippen LogP contribution in [0.4, 0.5) is 4.39 Å². The van der Waals surface area contributed by atoms with Crippen molar-refractivity contribution in [2.24, 2.45) is 13.0 Å². The lowest BCUT2D eigenvalue weighted by molar-refractivity contribution is 0.125. The van der Waals surface area contributed by atoms with Crippen LogP contribution in [0.2, 0.25) is 0 Å². The molecule has 1 aliphatic rings. The van der Waals surface area contributed by atoms with Gasteiger partial charge >= 0.3 is 0 Å². The summed E-state index contributed by atoms with van der Waals surface area (Å²) in [5.74, 6) is -0.253. The van der Waals surface area contributed by atoms with Crippen molar-refractivity contribution in [1.82, 2.24) is 19.9 Å². The van der Waals surface area contributed by atoms with Crippen LogP contribution in [0.5, 0.6) is 6.01 Å². The molecular weight excluding hydrogens is 367 g/mol. The molecule has 4 heterocycles. The molecule has 0 bridgehead atoms. The largest absolute Gasteiger partial charge is 0.456 e. The molecule has 3 aromatic heterocycles. The van der Waals surface area contributed by atoms with Crippen LogP contribution in [0, 0.1) is 11.7 Å². The van der Waals surface area contributed by atoms with E-state index < -0.39 is 5.82 Å². The van der Waals surface area contributed by atoms with Crippen LogP contribution in [0.15, 0.2) is 46.1 Å². The van der Waals surface area contributed by atoms with Gasteiger partial charge in [-0.3, -0.25) is 14.3 Å². The molecule has 1 N–H and O–H groups in total. The highest BCUT2D eigenvalue weighted by molar-refractivity contribution is 7.07. The summed E-state index contributed by atoms with van der Waals surface area (Å²) in [5, 5.41) is 7.40. The average molecular weight is 386 g/mol. The lowest BCUT2D eigenvalue weighted by atomic mass is 9.97. The molecule has 2 atom stereocenters. The van der Waals surface area contributed by atoms with Crippen LogP contribution in [0.3, 0.4) is 0 Å². The molecule has 1 aliphatic heterocycles. The van der Waals surface area contributed by atoms with Crippen molar-refractivity contribution in [1.29, 1.82) is 0 Å². The SMILES string of the molecule is Cn1c(OC(c2ccsc2)[C@@H]2CCNC2)nc(-c2ccncc2F)cc1=O. The highest BCUT2D eigenvalue weighted by atomic mass is 32.1. The Labute approximate surface area is 159 Å². The number of nitrogens with zero attached hydrogens (tertiary/aromatic N) is 3. The molecule has 0 aromatic carbocycles. The minimum atomic E-state index is -0.529. The van der Waals surface area contributed by atoms with Gasteiger partial charge in [-0.25, -0.2) is 4.39 Å². The third-order valence-electron chi connectivity index (χ3n) is 4.77. The van der Waals surface area contributed by atoms with Crippen molar-refractivity contribution in [3.63, 3.8) is 0 Å². The zero-order chi connectivity index (χ0) is 18.8. The van der Waals surface area contributed by atoms with Crippen LogP contribution in [0.1, 0.15) is 18.1 Å². The first-order valence-electron chi connectivity index (χ1n) is 8.71. The average Bonchev–Trinajstić information content (AvgIpc) is 3.37. The predicted molar refractivity (Wildman–Crippen MR) is 101 cm³/mol. The van der Waals surface area contributed by atoms with E-state index in [1.807, 2.05) is 16.8 Å². The highest BCUT2D eigenvalue weighted by Gasteiger charge is 2.29. The summed E-state index contributed by atoms with van der Waals surface area (Å²) in [5.41, 5.74) is 1.21. The fourth-order valence-electron chi connectivity index (χ4n) is 3.27. The summed E-state index contributed by atoms with van der Waals surface area (Å²) < 4.78 is 21.7. The molecular formula is C19H19FN4O2S. The molecule has 0 amide bonds. The highest BCUT2D eigenvalue weighted by Crippen LogP contribution is 2.32. The third kappa shape index (κ3) is 3.63. The molecule has 4 rings (SSSR count). The Balaban J connectivity index is 1.74. The first-order chi connectivity index (χ1) is 13.1. The van der Waals surface area contributed by atoms with E-state index in [1.54, 1.807) is 18.4 Å². The monoisotopic (exact) mass is 386 g/mol. The topological polar surface area (TPSA) is 69.0 Å². The minimum Gasteiger partial charge on any atom is -0.456 e. The molecule has 0 aliphatic carbocycles. The number of rotatable bonds is 5. The Morgan fingerprint density at radius 3 is 3.04 bits per heavy atom. The summed E-state index contributed by atoms with van der Waals surface area (Å²) in [6.07, 6.45) is 3.33. The van der Waals surface area contributed by atoms with E-state index in [0.717, 1.165) is 31.3 Å². The smallest absolute Gasteiger partial charge is 0.300 e. The standard InChI is InChI=1S/C19H19FN4O2S/c1-24-17(25)8-16(14-3-6-22-10-15(14)20)23-19(24)26-18(12-2-5-21-9-12)13-4-7-27-11-13/h3-4,6-8,10-12,18,21H,2,5,9H2,1H3/t12-,18?/m1/s1. The number of halogens is 1. The van der Waals surface area contributed by atoms with E-state index in [4.69, 9.17) is 4.74 Å². The van der Waals surface area contributed by atoms with Gasteiger partial charge in [-0.2, -0.15) is 16.3 Å². The van der Waals surface area contributed by atoms with Crippen molar-refractivity contribution < 1.29 is 9.13 Å². The summed E-state index contributed by atoms with van der Waals surface area (Å²) >= 11 is 1.60. The second kappa shape index (κ2) is 7.58. The third-order valence-corrected chi connectivity index (χ3v) is 5.47. The van der Waals surface area contributed by atoms with E-state index in [0.29, 0.717) is 0 Å². The van der Waals surface area contributed by atoms with E-state index in [1.165, 1.54) is 22.9 Å². The van der Waals surface area contributed by atoms with Crippen LogP contribution >= 0.6 is 11.3 Å². The van der Waals surface area contributed by atoms with Crippen LogP contribution < -0.4 is 15.6 Å². The molecule has 0 spiro atoms. The van der Waals surface area contributed by atoms with Gasteiger partial charge in [0.1, 0.15) is 6.10 Å². The summed E-state index contributed by atoms with van der Waals surface area (Å²) in [6, 6.07) is 5.01. The molecule has 1 unspecified atom stereocenters. The van der Waals surface area contributed by atoms with Crippen molar-refractivity contribution >= 4 is 11.3 Å². The van der Waals surface area contributed by atoms with Crippen LogP contribution in [0.25, 0.3) is 11.3 Å². The van der Waals surface area contributed by atoms with Crippen molar-refractivity contribution in [2.45, 2.75) is 12.5 Å². The summed E-state index contributed by atoms with van der Waals surface area (Å²) in [4.78, 5) is 20.6. The van der Waals surface area contributed by atoms with Crippen LogP contribution in [-0.4, -0.2) is 27.6 Å². The van der Waals surface area contributed by atoms with Gasteiger partial charge in [-0.05, 0) is 35.9 Å². The number of aromatic nitrogens is 3. The molecule has 0 radical (unpaired) electrons. The maximum atomic E-state index is 14.1. The Bertz CT molecular complexity index is 984. The van der Waals surface area contributed by atoms with E-state index in [-0.39, 0.29) is 34.8 Å². The van der Waals surface area contributed by atoms with E-state index in [9.17, 15) is 9.18 Å². The van der Waals surface area contributed by atoms with Crippen molar-refractivity contribution in [3.8, 4) is 17.3 Å². The number of hydrogen-bond donors (Lipinski definition) is 1. The summed E-state index contributed by atoms with van der Waals surface area (Å²) in [7, 11) is 1.61. The van der Waals surface area contributed by atoms with Gasteiger partial charge in [0.2, 0.25) is 0 Å². The number of ether oxygens (including phenoxy) is 1. The predicted octanol–water partition coefficient (Wildman–Crippen LogP) is 2.77. The number of nitrogens with one attached hydrogen (secondary N) is 1. The summed E-state index contributed by atoms with van der Waals surface area (Å²) in [6.45, 7) is 1.77. The molecule has 1 saturated heterocycles. The van der Waals surface area contributed by atoms with Gasteiger partial charge in [0.05, 0.1) is 11.9 Å². The molecule has 3 aromatic rings. The molecule has 27 heavy (non-hydrogen) atoms. The van der Waals surface area contributed by atoms with E-state index in [2.05, 4.69) is 15.3 Å². The Morgan fingerprint density at radius 1 is 1.44 bits per heavy atom. The molecule has 8 heteroatoms. The molecule has 6 nitrogen and oxygen atoms in total. The second-order valence-electron chi connectivity index (χ2n) is 6.52. The normalized spacial score (nSPS) is 17.8. The lowest BCUT2D eigenvalue weighted by Crippen LogP contribution is -2.26. The fraction of sp³-hybridized carbons (Fsp3) is 0.316. The Kier molecular flexibility index (Phi) is 5.00. The molecule has 1 fully saturated rings. The van der Waals surface area contributed by atoms with Gasteiger partial charge in [0.15, 0.2) is 5.82 Å². The fourth-order valence-corrected chi connectivity index (χ4v) is 3.95. The van der Waals surface area contributed by atoms with Gasteiger partial charge < -0.3 is 10.1 Å². The van der Waals surface area contributed by atoms with Gasteiger partial charge in [-0.15, -0.1) is 0 Å². The number of hydrogen-bond acceptors (Lipinski definition) is 6. The zero-order valence-electron chi connectivity index (χ0n) is 14.8. The molecule has 140 valence electrons. The van der Waals surface area contributed by atoms with Gasteiger partial charge in [0.25, 0.3) is 11.6 Å². The van der Waals surface area contributed by atoms with E-state index >= 15 is 0 Å². The van der Waals surface area contributed by atoms with Crippen molar-refractivity contribution in [2.75, 3.05) is 13.1 Å². The number of thiophene rings is 1. The minimum absolute atomic E-state index is 0.178. The number of pyridine rings is 1.